The number of nitrogens with one attached hydrogen (secondary N) is 2. The number of imidazole rings is 1. The van der Waals surface area contributed by atoms with Gasteiger partial charge in [0.25, 0.3) is 0 Å². The van der Waals surface area contributed by atoms with E-state index in [9.17, 15) is 19.1 Å². The predicted molar refractivity (Wildman–Crippen MR) is 134 cm³/mol. The van der Waals surface area contributed by atoms with E-state index in [-0.39, 0.29) is 30.1 Å². The largest absolute Gasteiger partial charge is 0.495 e. The number of benzene rings is 2. The van der Waals surface area contributed by atoms with Crippen LogP contribution in [0.2, 0.25) is 0 Å². The number of aromatic amines is 1. The molecule has 0 aliphatic carbocycles. The maximum atomic E-state index is 13.5. The first-order valence-corrected chi connectivity index (χ1v) is 12.1. The van der Waals surface area contributed by atoms with Gasteiger partial charge in [-0.1, -0.05) is 0 Å². The highest BCUT2D eigenvalue weighted by Gasteiger charge is 2.25. The Kier molecular flexibility index (Phi) is 7.78. The van der Waals surface area contributed by atoms with Gasteiger partial charge < -0.3 is 29.8 Å². The number of piperidine rings is 1. The number of methoxy groups -OCH3 is 1. The second-order valence-electron chi connectivity index (χ2n) is 8.62. The van der Waals surface area contributed by atoms with Crippen molar-refractivity contribution in [3.05, 3.63) is 51.1 Å². The molecular formula is C24H28BrFN4O5. The smallest absolute Gasteiger partial charge is 0.326 e. The van der Waals surface area contributed by atoms with Crippen molar-refractivity contribution in [2.75, 3.05) is 38.7 Å². The van der Waals surface area contributed by atoms with E-state index < -0.39 is 6.10 Å². The molecule has 0 spiro atoms. The Morgan fingerprint density at radius 2 is 2.03 bits per heavy atom. The summed E-state index contributed by atoms with van der Waals surface area (Å²) in [4.78, 5) is 28.9. The molecule has 2 heterocycles. The second-order valence-corrected chi connectivity index (χ2v) is 9.48. The minimum absolute atomic E-state index is 0.00166. The van der Waals surface area contributed by atoms with Gasteiger partial charge in [-0.05, 0) is 53.0 Å². The van der Waals surface area contributed by atoms with Gasteiger partial charge in [0.2, 0.25) is 5.91 Å². The molecule has 4 rings (SSSR count). The third-order valence-corrected chi connectivity index (χ3v) is 6.69. The lowest BCUT2D eigenvalue weighted by atomic mass is 10.0. The SMILES string of the molecule is COc1cc(OC[C@@H](O)CN2CCC(n3c(=O)[nH]c4cc(F)ccc43)CC2)c(NC(C)=O)cc1Br. The maximum Gasteiger partial charge on any atom is 0.326 e. The highest BCUT2D eigenvalue weighted by Crippen LogP contribution is 2.36. The third kappa shape index (κ3) is 5.85. The lowest BCUT2D eigenvalue weighted by Crippen LogP contribution is -2.42. The minimum Gasteiger partial charge on any atom is -0.495 e. The fourth-order valence-electron chi connectivity index (χ4n) is 4.46. The van der Waals surface area contributed by atoms with Crippen LogP contribution in [0.1, 0.15) is 25.8 Å². The summed E-state index contributed by atoms with van der Waals surface area (Å²) in [5, 5.41) is 13.3. The highest BCUT2D eigenvalue weighted by atomic mass is 79.9. The molecule has 1 saturated heterocycles. The van der Waals surface area contributed by atoms with Gasteiger partial charge in [0.1, 0.15) is 30.0 Å². The fraction of sp³-hybridized carbons (Fsp3) is 0.417. The number of hydrogen-bond donors (Lipinski definition) is 3. The fourth-order valence-corrected chi connectivity index (χ4v) is 4.97. The molecule has 1 aliphatic rings. The summed E-state index contributed by atoms with van der Waals surface area (Å²) in [6.45, 7) is 3.24. The van der Waals surface area contributed by atoms with E-state index in [1.54, 1.807) is 22.8 Å². The van der Waals surface area contributed by atoms with Crippen LogP contribution in [0.3, 0.4) is 0 Å². The van der Waals surface area contributed by atoms with Crippen LogP contribution in [0, 0.1) is 5.82 Å². The zero-order valence-corrected chi connectivity index (χ0v) is 21.1. The van der Waals surface area contributed by atoms with Crippen LogP contribution in [0.15, 0.2) is 39.6 Å². The number of aliphatic hydroxyl groups is 1. The van der Waals surface area contributed by atoms with E-state index in [1.807, 2.05) is 0 Å². The average Bonchev–Trinajstić information content (AvgIpc) is 3.13. The lowest BCUT2D eigenvalue weighted by Gasteiger charge is -2.33. The number of H-pyrrole nitrogens is 1. The molecule has 2 aromatic carbocycles. The number of hydrogen-bond acceptors (Lipinski definition) is 6. The molecule has 0 radical (unpaired) electrons. The topological polar surface area (TPSA) is 109 Å². The molecule has 188 valence electrons. The number of carbonyl (C=O) groups excluding carboxylic acids is 1. The molecule has 1 aromatic heterocycles. The van der Waals surface area contributed by atoms with E-state index in [0.29, 0.717) is 52.3 Å². The molecule has 3 N–H and O–H groups in total. The maximum absolute atomic E-state index is 13.5. The first-order chi connectivity index (χ1) is 16.7. The van der Waals surface area contributed by atoms with Crippen LogP contribution in [0.4, 0.5) is 10.1 Å². The van der Waals surface area contributed by atoms with Crippen molar-refractivity contribution in [1.29, 1.82) is 0 Å². The molecule has 3 aromatic rings. The first kappa shape index (κ1) is 25.2. The number of aromatic nitrogens is 2. The van der Waals surface area contributed by atoms with E-state index in [1.165, 1.54) is 26.2 Å². The quantitative estimate of drug-likeness (QED) is 0.397. The molecule has 0 bridgehead atoms. The normalized spacial score (nSPS) is 15.8. The zero-order valence-electron chi connectivity index (χ0n) is 19.5. The average molecular weight is 551 g/mol. The number of carbonyl (C=O) groups is 1. The van der Waals surface area contributed by atoms with Gasteiger partial charge in [-0.25, -0.2) is 9.18 Å². The van der Waals surface area contributed by atoms with Crippen molar-refractivity contribution in [3.63, 3.8) is 0 Å². The van der Waals surface area contributed by atoms with Crippen LogP contribution < -0.4 is 20.5 Å². The molecule has 1 aliphatic heterocycles. The van der Waals surface area contributed by atoms with Crippen molar-refractivity contribution < 1.29 is 23.8 Å². The molecular weight excluding hydrogens is 523 g/mol. The van der Waals surface area contributed by atoms with Gasteiger partial charge in [-0.3, -0.25) is 9.36 Å². The number of β-amino-alcohol motifs (C(OH)–C–C–N with tert-alkyl or cyclic N) is 1. The van der Waals surface area contributed by atoms with Crippen LogP contribution in [0.25, 0.3) is 11.0 Å². The third-order valence-electron chi connectivity index (χ3n) is 6.07. The Morgan fingerprint density at radius 3 is 2.71 bits per heavy atom. The number of likely N-dealkylation sites (tertiary alicyclic amines) is 1. The summed E-state index contributed by atoms with van der Waals surface area (Å²) in [6.07, 6.45) is 0.702. The van der Waals surface area contributed by atoms with Crippen LogP contribution in [0.5, 0.6) is 11.5 Å². The zero-order chi connectivity index (χ0) is 25.1. The summed E-state index contributed by atoms with van der Waals surface area (Å²) in [5.41, 5.74) is 1.43. The summed E-state index contributed by atoms with van der Waals surface area (Å²) in [5.74, 6) is 0.312. The van der Waals surface area contributed by atoms with Crippen molar-refractivity contribution >= 4 is 38.6 Å². The van der Waals surface area contributed by atoms with Crippen molar-refractivity contribution in [2.24, 2.45) is 0 Å². The van der Waals surface area contributed by atoms with E-state index >= 15 is 0 Å². The molecule has 0 saturated carbocycles. The molecule has 1 fully saturated rings. The van der Waals surface area contributed by atoms with Gasteiger partial charge in [0.15, 0.2) is 0 Å². The van der Waals surface area contributed by atoms with Gasteiger partial charge in [-0.15, -0.1) is 0 Å². The number of halogens is 2. The van der Waals surface area contributed by atoms with E-state index in [0.717, 1.165) is 12.8 Å². The Balaban J connectivity index is 1.34. The van der Waals surface area contributed by atoms with Gasteiger partial charge in [-0.2, -0.15) is 0 Å². The summed E-state index contributed by atoms with van der Waals surface area (Å²) >= 11 is 3.39. The lowest BCUT2D eigenvalue weighted by molar-refractivity contribution is -0.114. The van der Waals surface area contributed by atoms with E-state index in [4.69, 9.17) is 9.47 Å². The van der Waals surface area contributed by atoms with Gasteiger partial charge >= 0.3 is 5.69 Å². The van der Waals surface area contributed by atoms with E-state index in [2.05, 4.69) is 31.1 Å². The number of rotatable bonds is 8. The Morgan fingerprint density at radius 1 is 1.29 bits per heavy atom. The molecule has 1 amide bonds. The summed E-state index contributed by atoms with van der Waals surface area (Å²) in [7, 11) is 1.53. The molecule has 9 nitrogen and oxygen atoms in total. The number of aliphatic hydroxyl groups excluding tert-OH is 1. The number of anilines is 1. The Bertz CT molecular complexity index is 1270. The Hall–Kier alpha value is -2.89. The van der Waals surface area contributed by atoms with Crippen LogP contribution in [-0.4, -0.2) is 64.9 Å². The molecule has 35 heavy (non-hydrogen) atoms. The number of fused-ring (bicyclic) bond motifs is 1. The molecule has 1 atom stereocenters. The monoisotopic (exact) mass is 550 g/mol. The van der Waals surface area contributed by atoms with Gasteiger partial charge in [0.05, 0.1) is 28.3 Å². The highest BCUT2D eigenvalue weighted by molar-refractivity contribution is 9.10. The molecule has 0 unspecified atom stereocenters. The predicted octanol–water partition coefficient (Wildman–Crippen LogP) is 3.28. The minimum atomic E-state index is -0.759. The molecule has 11 heteroatoms. The standard InChI is InChI=1S/C24H28BrFN4O5/c1-14(31)27-20-10-18(25)22(34-2)11-23(20)35-13-17(32)12-29-7-5-16(6-8-29)30-21-4-3-15(26)9-19(21)28-24(30)33/h3-4,9-11,16-17,32H,5-8,12-13H2,1-2H3,(H,27,31)(H,28,33)/t17-/m0/s1. The van der Waals surface area contributed by atoms with Crippen LogP contribution in [-0.2, 0) is 4.79 Å². The Labute approximate surface area is 210 Å². The first-order valence-electron chi connectivity index (χ1n) is 11.3. The van der Waals surface area contributed by atoms with Crippen molar-refractivity contribution in [1.82, 2.24) is 14.5 Å². The van der Waals surface area contributed by atoms with Crippen molar-refractivity contribution in [2.45, 2.75) is 31.9 Å². The summed E-state index contributed by atoms with van der Waals surface area (Å²) in [6, 6.07) is 7.66. The summed E-state index contributed by atoms with van der Waals surface area (Å²) < 4.78 is 27.0. The number of amides is 1. The van der Waals surface area contributed by atoms with Crippen LogP contribution >= 0.6 is 15.9 Å². The second kappa shape index (κ2) is 10.8. The van der Waals surface area contributed by atoms with Crippen molar-refractivity contribution in [3.8, 4) is 11.5 Å². The number of ether oxygens (including phenoxy) is 2. The van der Waals surface area contributed by atoms with Gasteiger partial charge in [0, 0.05) is 38.7 Å². The number of nitrogens with zero attached hydrogens (tertiary/aromatic N) is 2.